The molecule has 1 N–H and O–H groups in total. The van der Waals surface area contributed by atoms with Gasteiger partial charge in [0.05, 0.1) is 4.92 Å². The largest absolute Gasteiger partial charge is 0.463 e. The molecule has 0 aromatic heterocycles. The van der Waals surface area contributed by atoms with E-state index in [1.54, 1.807) is 19.1 Å². The smallest absolute Gasteiger partial charge is 0.269 e. The van der Waals surface area contributed by atoms with Crippen LogP contribution < -0.4 is 5.32 Å². The van der Waals surface area contributed by atoms with Crippen molar-refractivity contribution in [3.05, 3.63) is 70.3 Å². The number of hydrogen-bond donors (Lipinski definition) is 1. The van der Waals surface area contributed by atoms with E-state index in [0.717, 1.165) is 5.69 Å². The Morgan fingerprint density at radius 1 is 1.24 bits per heavy atom. The second-order valence-electron chi connectivity index (χ2n) is 4.39. The number of nitro groups is 1. The van der Waals surface area contributed by atoms with Crippen LogP contribution in [0.25, 0.3) is 0 Å². The van der Waals surface area contributed by atoms with Crippen LogP contribution in [0.4, 0.5) is 11.4 Å². The van der Waals surface area contributed by atoms with Crippen molar-refractivity contribution in [2.24, 2.45) is 0 Å². The Bertz CT molecular complexity index is 646. The zero-order valence-electron chi connectivity index (χ0n) is 11.4. The molecule has 6 heteroatoms. The van der Waals surface area contributed by atoms with Crippen LogP contribution in [-0.2, 0) is 4.74 Å². The second-order valence-corrected chi connectivity index (χ2v) is 4.76. The van der Waals surface area contributed by atoms with E-state index < -0.39 is 4.92 Å². The van der Waals surface area contributed by atoms with Crippen LogP contribution in [0.1, 0.15) is 18.6 Å². The number of nitrogens with one attached hydrogen (secondary N) is 1. The Hall–Kier alpha value is -2.47. The minimum atomic E-state index is -0.434. The van der Waals surface area contributed by atoms with Crippen LogP contribution >= 0.6 is 12.2 Å². The SMILES string of the molecule is C[C@@H](OC(=S)Nc1ccccc1)c1cccc([N+](=O)[O-])c1. The number of benzene rings is 2. The monoisotopic (exact) mass is 302 g/mol. The molecule has 5 nitrogen and oxygen atoms in total. The zero-order chi connectivity index (χ0) is 15.2. The van der Waals surface area contributed by atoms with E-state index in [2.05, 4.69) is 5.32 Å². The van der Waals surface area contributed by atoms with Crippen LogP contribution in [0.3, 0.4) is 0 Å². The molecule has 0 aliphatic rings. The molecule has 0 saturated carbocycles. The predicted octanol–water partition coefficient (Wildman–Crippen LogP) is 4.07. The van der Waals surface area contributed by atoms with Crippen LogP contribution in [0.5, 0.6) is 0 Å². The molecule has 0 fully saturated rings. The summed E-state index contributed by atoms with van der Waals surface area (Å²) in [4.78, 5) is 10.3. The lowest BCUT2D eigenvalue weighted by molar-refractivity contribution is -0.385. The fraction of sp³-hybridized carbons (Fsp3) is 0.133. The van der Waals surface area contributed by atoms with Gasteiger partial charge in [0.25, 0.3) is 10.9 Å². The van der Waals surface area contributed by atoms with E-state index in [1.165, 1.54) is 12.1 Å². The number of nitro benzene ring substituents is 1. The first kappa shape index (κ1) is 14.9. The average molecular weight is 302 g/mol. The molecule has 2 rings (SSSR count). The number of thiocarbonyl (C=S) groups is 1. The standard InChI is InChI=1S/C15H14N2O3S/c1-11(12-6-5-9-14(10-12)17(18)19)20-15(21)16-13-7-3-2-4-8-13/h2-11H,1H3,(H,16,21)/t11-/m1/s1. The predicted molar refractivity (Wildman–Crippen MR) is 85.3 cm³/mol. The van der Waals surface area contributed by atoms with Crippen LogP contribution in [0, 0.1) is 10.1 Å². The first-order valence-corrected chi connectivity index (χ1v) is 6.74. The van der Waals surface area contributed by atoms with Gasteiger partial charge >= 0.3 is 0 Å². The zero-order valence-corrected chi connectivity index (χ0v) is 12.2. The topological polar surface area (TPSA) is 64.4 Å². The number of rotatable bonds is 4. The van der Waals surface area contributed by atoms with Gasteiger partial charge in [0.2, 0.25) is 0 Å². The van der Waals surface area contributed by atoms with Crippen molar-refractivity contribution >= 4 is 28.8 Å². The van der Waals surface area contributed by atoms with Crippen molar-refractivity contribution in [2.45, 2.75) is 13.0 Å². The summed E-state index contributed by atoms with van der Waals surface area (Å²) >= 11 is 5.13. The highest BCUT2D eigenvalue weighted by Crippen LogP contribution is 2.22. The first-order valence-electron chi connectivity index (χ1n) is 6.33. The highest BCUT2D eigenvalue weighted by Gasteiger charge is 2.13. The Morgan fingerprint density at radius 2 is 1.95 bits per heavy atom. The third kappa shape index (κ3) is 4.25. The van der Waals surface area contributed by atoms with Crippen LogP contribution in [-0.4, -0.2) is 10.1 Å². The number of non-ortho nitro benzene ring substituents is 1. The maximum atomic E-state index is 10.8. The van der Waals surface area contributed by atoms with Gasteiger partial charge in [-0.3, -0.25) is 10.1 Å². The van der Waals surface area contributed by atoms with Gasteiger partial charge in [0, 0.05) is 17.8 Å². The number of hydrogen-bond acceptors (Lipinski definition) is 4. The van der Waals surface area contributed by atoms with E-state index in [9.17, 15) is 10.1 Å². The summed E-state index contributed by atoms with van der Waals surface area (Å²) in [6.07, 6.45) is -0.381. The molecule has 2 aromatic rings. The van der Waals surface area contributed by atoms with Gasteiger partial charge in [0.1, 0.15) is 6.10 Å². The van der Waals surface area contributed by atoms with E-state index in [0.29, 0.717) is 5.56 Å². The third-order valence-corrected chi connectivity index (χ3v) is 3.05. The maximum absolute atomic E-state index is 10.8. The van der Waals surface area contributed by atoms with Gasteiger partial charge in [-0.15, -0.1) is 0 Å². The van der Waals surface area contributed by atoms with E-state index in [1.807, 2.05) is 30.3 Å². The molecule has 0 radical (unpaired) electrons. The molecule has 21 heavy (non-hydrogen) atoms. The van der Waals surface area contributed by atoms with E-state index in [-0.39, 0.29) is 17.0 Å². The molecule has 0 aliphatic carbocycles. The van der Waals surface area contributed by atoms with E-state index >= 15 is 0 Å². The number of para-hydroxylation sites is 1. The van der Waals surface area contributed by atoms with Crippen molar-refractivity contribution < 1.29 is 9.66 Å². The molecule has 1 atom stereocenters. The number of nitrogens with zero attached hydrogens (tertiary/aromatic N) is 1. The molecule has 0 heterocycles. The van der Waals surface area contributed by atoms with Gasteiger partial charge < -0.3 is 10.1 Å². The Labute approximate surface area is 127 Å². The molecule has 0 amide bonds. The molecule has 0 saturated heterocycles. The minimum Gasteiger partial charge on any atom is -0.463 e. The summed E-state index contributed by atoms with van der Waals surface area (Å²) in [5.74, 6) is 0. The molecule has 0 bridgehead atoms. The molecule has 0 spiro atoms. The number of anilines is 1. The van der Waals surface area contributed by atoms with Gasteiger partial charge in [-0.1, -0.05) is 30.3 Å². The van der Waals surface area contributed by atoms with Crippen molar-refractivity contribution in [3.63, 3.8) is 0 Å². The van der Waals surface area contributed by atoms with Gasteiger partial charge in [-0.25, -0.2) is 0 Å². The Balaban J connectivity index is 2.00. The molecule has 0 aliphatic heterocycles. The highest BCUT2D eigenvalue weighted by molar-refractivity contribution is 7.80. The fourth-order valence-corrected chi connectivity index (χ4v) is 2.05. The van der Waals surface area contributed by atoms with Crippen molar-refractivity contribution in [1.82, 2.24) is 0 Å². The molecular formula is C15H14N2O3S. The van der Waals surface area contributed by atoms with Crippen LogP contribution in [0.15, 0.2) is 54.6 Å². The van der Waals surface area contributed by atoms with Crippen LogP contribution in [0.2, 0.25) is 0 Å². The summed E-state index contributed by atoms with van der Waals surface area (Å²) in [6.45, 7) is 1.79. The van der Waals surface area contributed by atoms with E-state index in [4.69, 9.17) is 17.0 Å². The Morgan fingerprint density at radius 3 is 2.62 bits per heavy atom. The lowest BCUT2D eigenvalue weighted by Crippen LogP contribution is -2.15. The summed E-state index contributed by atoms with van der Waals surface area (Å²) in [5, 5.41) is 13.9. The van der Waals surface area contributed by atoms with Crippen molar-refractivity contribution in [1.29, 1.82) is 0 Å². The fourth-order valence-electron chi connectivity index (χ4n) is 1.79. The first-order chi connectivity index (χ1) is 10.1. The third-order valence-electron chi connectivity index (χ3n) is 2.85. The van der Waals surface area contributed by atoms with Gasteiger partial charge in [-0.2, -0.15) is 0 Å². The molecule has 0 unspecified atom stereocenters. The molecular weight excluding hydrogens is 288 g/mol. The summed E-state index contributed by atoms with van der Waals surface area (Å²) < 4.78 is 5.57. The molecule has 108 valence electrons. The van der Waals surface area contributed by atoms with Gasteiger partial charge in [-0.05, 0) is 36.8 Å². The summed E-state index contributed by atoms with van der Waals surface area (Å²) in [5.41, 5.74) is 1.56. The van der Waals surface area contributed by atoms with Crippen molar-refractivity contribution in [3.8, 4) is 0 Å². The quantitative estimate of drug-likeness (QED) is 0.524. The summed E-state index contributed by atoms with van der Waals surface area (Å²) in [6, 6.07) is 15.7. The Kier molecular flexibility index (Phi) is 4.84. The number of ether oxygens (including phenoxy) is 1. The maximum Gasteiger partial charge on any atom is 0.269 e. The molecule has 2 aromatic carbocycles. The average Bonchev–Trinajstić information content (AvgIpc) is 2.48. The lowest BCUT2D eigenvalue weighted by Gasteiger charge is -2.16. The minimum absolute atomic E-state index is 0.0323. The highest BCUT2D eigenvalue weighted by atomic mass is 32.1. The van der Waals surface area contributed by atoms with Gasteiger partial charge in [0.15, 0.2) is 0 Å². The lowest BCUT2D eigenvalue weighted by atomic mass is 10.1. The second kappa shape index (κ2) is 6.81. The van der Waals surface area contributed by atoms with Crippen molar-refractivity contribution in [2.75, 3.05) is 5.32 Å². The normalized spacial score (nSPS) is 11.5. The summed E-state index contributed by atoms with van der Waals surface area (Å²) in [7, 11) is 0.